The van der Waals surface area contributed by atoms with Crippen LogP contribution < -0.4 is 5.32 Å². The summed E-state index contributed by atoms with van der Waals surface area (Å²) in [6.45, 7) is 6.60. The van der Waals surface area contributed by atoms with Crippen LogP contribution in [-0.2, 0) is 9.53 Å². The number of hydrogen-bond acceptors (Lipinski definition) is 2. The Morgan fingerprint density at radius 2 is 2.31 bits per heavy atom. The number of nitrogens with one attached hydrogen (secondary N) is 1. The quantitative estimate of drug-likeness (QED) is 0.725. The molecule has 0 aromatic carbocycles. The number of hydrogen-bond donors (Lipinski definition) is 1. The number of rotatable bonds is 7. The SMILES string of the molecule is CCCC[C@H](CC)CNC(=O)[C@@H]1CCOC1. The highest BCUT2D eigenvalue weighted by Gasteiger charge is 2.23. The van der Waals surface area contributed by atoms with Gasteiger partial charge in [-0.05, 0) is 18.8 Å². The van der Waals surface area contributed by atoms with Gasteiger partial charge in [-0.1, -0.05) is 33.1 Å². The van der Waals surface area contributed by atoms with Gasteiger partial charge in [-0.25, -0.2) is 0 Å². The maximum Gasteiger partial charge on any atom is 0.225 e. The smallest absolute Gasteiger partial charge is 0.225 e. The fourth-order valence-electron chi connectivity index (χ4n) is 2.07. The number of carbonyl (C=O) groups is 1. The van der Waals surface area contributed by atoms with Crippen molar-refractivity contribution in [1.29, 1.82) is 0 Å². The Hall–Kier alpha value is -0.570. The highest BCUT2D eigenvalue weighted by Crippen LogP contribution is 2.14. The third kappa shape index (κ3) is 4.52. The maximum atomic E-state index is 11.7. The van der Waals surface area contributed by atoms with E-state index in [0.29, 0.717) is 12.5 Å². The first-order valence-electron chi connectivity index (χ1n) is 6.63. The molecule has 16 heavy (non-hydrogen) atoms. The van der Waals surface area contributed by atoms with E-state index in [0.717, 1.165) is 26.0 Å². The minimum atomic E-state index is 0.101. The van der Waals surface area contributed by atoms with E-state index in [1.165, 1.54) is 19.3 Å². The zero-order chi connectivity index (χ0) is 11.8. The van der Waals surface area contributed by atoms with E-state index in [1.807, 2.05) is 0 Å². The van der Waals surface area contributed by atoms with Crippen molar-refractivity contribution in [3.05, 3.63) is 0 Å². The number of ether oxygens (including phenoxy) is 1. The number of unbranched alkanes of at least 4 members (excludes halogenated alkanes) is 1. The van der Waals surface area contributed by atoms with E-state index in [-0.39, 0.29) is 11.8 Å². The Morgan fingerprint density at radius 1 is 1.50 bits per heavy atom. The van der Waals surface area contributed by atoms with Crippen molar-refractivity contribution < 1.29 is 9.53 Å². The first-order valence-corrected chi connectivity index (χ1v) is 6.63. The van der Waals surface area contributed by atoms with Gasteiger partial charge < -0.3 is 10.1 Å². The van der Waals surface area contributed by atoms with Gasteiger partial charge in [-0.15, -0.1) is 0 Å². The van der Waals surface area contributed by atoms with Crippen LogP contribution in [0.1, 0.15) is 46.0 Å². The number of carbonyl (C=O) groups excluding carboxylic acids is 1. The first kappa shape index (κ1) is 13.5. The second kappa shape index (κ2) is 7.66. The normalized spacial score (nSPS) is 22.0. The molecule has 0 aliphatic carbocycles. The van der Waals surface area contributed by atoms with Gasteiger partial charge in [0.25, 0.3) is 0 Å². The van der Waals surface area contributed by atoms with Gasteiger partial charge in [-0.3, -0.25) is 4.79 Å². The third-order valence-electron chi connectivity index (χ3n) is 3.41. The second-order valence-electron chi connectivity index (χ2n) is 4.72. The Kier molecular flexibility index (Phi) is 6.46. The Bertz CT molecular complexity index is 200. The zero-order valence-electron chi connectivity index (χ0n) is 10.6. The third-order valence-corrected chi connectivity index (χ3v) is 3.41. The van der Waals surface area contributed by atoms with Gasteiger partial charge in [0, 0.05) is 13.2 Å². The molecule has 0 saturated carbocycles. The molecule has 0 bridgehead atoms. The van der Waals surface area contributed by atoms with Crippen molar-refractivity contribution in [1.82, 2.24) is 5.32 Å². The predicted molar refractivity (Wildman–Crippen MR) is 65.2 cm³/mol. The number of amides is 1. The minimum Gasteiger partial charge on any atom is -0.381 e. The van der Waals surface area contributed by atoms with E-state index in [1.54, 1.807) is 0 Å². The summed E-state index contributed by atoms with van der Waals surface area (Å²) in [5.41, 5.74) is 0. The van der Waals surface area contributed by atoms with Gasteiger partial charge in [0.05, 0.1) is 12.5 Å². The molecule has 3 nitrogen and oxygen atoms in total. The molecular weight excluding hydrogens is 202 g/mol. The summed E-state index contributed by atoms with van der Waals surface area (Å²) in [4.78, 5) is 11.7. The standard InChI is InChI=1S/C13H25NO2/c1-3-5-6-11(4-2)9-14-13(15)12-7-8-16-10-12/h11-12H,3-10H2,1-2H3,(H,14,15)/t11-,12+/m0/s1. The Balaban J connectivity index is 2.17. The molecule has 1 N–H and O–H groups in total. The van der Waals surface area contributed by atoms with Crippen molar-refractivity contribution in [3.63, 3.8) is 0 Å². The fourth-order valence-corrected chi connectivity index (χ4v) is 2.07. The van der Waals surface area contributed by atoms with Crippen LogP contribution in [0.2, 0.25) is 0 Å². The lowest BCUT2D eigenvalue weighted by Crippen LogP contribution is -2.34. The van der Waals surface area contributed by atoms with Crippen LogP contribution >= 0.6 is 0 Å². The molecule has 1 fully saturated rings. The Labute approximate surface area is 98.9 Å². The summed E-state index contributed by atoms with van der Waals surface area (Å²) >= 11 is 0. The van der Waals surface area contributed by atoms with Crippen LogP contribution in [0.3, 0.4) is 0 Å². The Morgan fingerprint density at radius 3 is 2.88 bits per heavy atom. The predicted octanol–water partition coefficient (Wildman–Crippen LogP) is 2.36. The van der Waals surface area contributed by atoms with Crippen molar-refractivity contribution in [2.75, 3.05) is 19.8 Å². The molecule has 2 atom stereocenters. The van der Waals surface area contributed by atoms with Gasteiger partial charge in [0.2, 0.25) is 5.91 Å². The van der Waals surface area contributed by atoms with Crippen LogP contribution in [0.25, 0.3) is 0 Å². The van der Waals surface area contributed by atoms with Crippen molar-refractivity contribution in [2.45, 2.75) is 46.0 Å². The van der Waals surface area contributed by atoms with Crippen LogP contribution in [0.5, 0.6) is 0 Å². The highest BCUT2D eigenvalue weighted by atomic mass is 16.5. The molecule has 1 aliphatic rings. The lowest BCUT2D eigenvalue weighted by Gasteiger charge is -2.16. The molecule has 1 aliphatic heterocycles. The first-order chi connectivity index (χ1) is 7.77. The molecule has 0 radical (unpaired) electrons. The van der Waals surface area contributed by atoms with Gasteiger partial charge >= 0.3 is 0 Å². The van der Waals surface area contributed by atoms with Gasteiger partial charge in [0.1, 0.15) is 0 Å². The summed E-state index contributed by atoms with van der Waals surface area (Å²) in [6, 6.07) is 0. The van der Waals surface area contributed by atoms with E-state index in [2.05, 4.69) is 19.2 Å². The summed E-state index contributed by atoms with van der Waals surface area (Å²) in [5, 5.41) is 3.07. The molecule has 3 heteroatoms. The van der Waals surface area contributed by atoms with Crippen molar-refractivity contribution in [2.24, 2.45) is 11.8 Å². The molecule has 0 aromatic heterocycles. The summed E-state index contributed by atoms with van der Waals surface area (Å²) in [6.07, 6.45) is 5.77. The van der Waals surface area contributed by atoms with Crippen molar-refractivity contribution >= 4 is 5.91 Å². The fraction of sp³-hybridized carbons (Fsp3) is 0.923. The molecule has 0 unspecified atom stereocenters. The molecule has 1 rings (SSSR count). The van der Waals surface area contributed by atoms with Gasteiger partial charge in [-0.2, -0.15) is 0 Å². The molecular formula is C13H25NO2. The summed E-state index contributed by atoms with van der Waals surface area (Å²) < 4.78 is 5.22. The summed E-state index contributed by atoms with van der Waals surface area (Å²) in [7, 11) is 0. The lowest BCUT2D eigenvalue weighted by atomic mass is 9.99. The van der Waals surface area contributed by atoms with E-state index < -0.39 is 0 Å². The average molecular weight is 227 g/mol. The topological polar surface area (TPSA) is 38.3 Å². The molecule has 1 amide bonds. The van der Waals surface area contributed by atoms with Crippen LogP contribution in [-0.4, -0.2) is 25.7 Å². The minimum absolute atomic E-state index is 0.101. The second-order valence-corrected chi connectivity index (χ2v) is 4.72. The molecule has 94 valence electrons. The maximum absolute atomic E-state index is 11.7. The van der Waals surface area contributed by atoms with E-state index >= 15 is 0 Å². The van der Waals surface area contributed by atoms with Crippen LogP contribution in [0.4, 0.5) is 0 Å². The van der Waals surface area contributed by atoms with E-state index in [4.69, 9.17) is 4.74 Å². The zero-order valence-corrected chi connectivity index (χ0v) is 10.6. The van der Waals surface area contributed by atoms with Crippen LogP contribution in [0.15, 0.2) is 0 Å². The van der Waals surface area contributed by atoms with Crippen molar-refractivity contribution in [3.8, 4) is 0 Å². The lowest BCUT2D eigenvalue weighted by molar-refractivity contribution is -0.125. The van der Waals surface area contributed by atoms with Gasteiger partial charge in [0.15, 0.2) is 0 Å². The molecule has 1 heterocycles. The van der Waals surface area contributed by atoms with E-state index in [9.17, 15) is 4.79 Å². The monoisotopic (exact) mass is 227 g/mol. The highest BCUT2D eigenvalue weighted by molar-refractivity contribution is 5.78. The molecule has 1 saturated heterocycles. The van der Waals surface area contributed by atoms with Crippen LogP contribution in [0, 0.1) is 11.8 Å². The molecule has 0 spiro atoms. The summed E-state index contributed by atoms with van der Waals surface area (Å²) in [5.74, 6) is 0.933. The molecule has 0 aromatic rings. The average Bonchev–Trinajstić information content (AvgIpc) is 2.82. The largest absolute Gasteiger partial charge is 0.381 e.